The number of aromatic amines is 1. The number of carbonyl (C=O) groups excluding carboxylic acids is 1. The molecule has 1 N–H and O–H groups in total. The molecule has 0 radical (unpaired) electrons. The molecule has 7 heteroatoms. The van der Waals surface area contributed by atoms with Crippen LogP contribution in [0.15, 0.2) is 30.6 Å². The highest BCUT2D eigenvalue weighted by atomic mass is 16.2. The molecule has 3 aromatic rings. The Balaban J connectivity index is 1.50. The van der Waals surface area contributed by atoms with Crippen molar-refractivity contribution in [3.05, 3.63) is 41.9 Å². The third kappa shape index (κ3) is 2.26. The maximum atomic E-state index is 13.6. The summed E-state index contributed by atoms with van der Waals surface area (Å²) in [6.45, 7) is 1.39. The van der Waals surface area contributed by atoms with Gasteiger partial charge in [-0.3, -0.25) is 4.79 Å². The Morgan fingerprint density at radius 2 is 2.00 bits per heavy atom. The van der Waals surface area contributed by atoms with E-state index in [4.69, 9.17) is 0 Å². The van der Waals surface area contributed by atoms with Crippen LogP contribution < -0.4 is 0 Å². The largest absolute Gasteiger partial charge is 0.358 e. The molecule has 26 heavy (non-hydrogen) atoms. The van der Waals surface area contributed by atoms with Crippen LogP contribution in [0.5, 0.6) is 0 Å². The van der Waals surface area contributed by atoms with Gasteiger partial charge in [-0.05, 0) is 29.3 Å². The van der Waals surface area contributed by atoms with Crippen molar-refractivity contribution in [1.82, 2.24) is 30.1 Å². The van der Waals surface area contributed by atoms with Gasteiger partial charge in [0.2, 0.25) is 0 Å². The first-order chi connectivity index (χ1) is 12.8. The van der Waals surface area contributed by atoms with E-state index in [9.17, 15) is 4.79 Å². The van der Waals surface area contributed by atoms with E-state index < -0.39 is 5.54 Å². The average molecular weight is 350 g/mol. The van der Waals surface area contributed by atoms with Crippen LogP contribution in [-0.2, 0) is 23.3 Å². The van der Waals surface area contributed by atoms with Crippen molar-refractivity contribution in [2.75, 3.05) is 6.54 Å². The molecule has 0 unspecified atom stereocenters. The van der Waals surface area contributed by atoms with Gasteiger partial charge in [0, 0.05) is 41.7 Å². The van der Waals surface area contributed by atoms with E-state index in [2.05, 4.69) is 38.7 Å². The van der Waals surface area contributed by atoms with Gasteiger partial charge in [0.1, 0.15) is 11.9 Å². The zero-order valence-electron chi connectivity index (χ0n) is 14.7. The molecule has 134 valence electrons. The summed E-state index contributed by atoms with van der Waals surface area (Å²) in [7, 11) is 0. The van der Waals surface area contributed by atoms with E-state index in [0.29, 0.717) is 6.54 Å². The average Bonchev–Trinajstić information content (AvgIpc) is 3.36. The van der Waals surface area contributed by atoms with Gasteiger partial charge >= 0.3 is 0 Å². The zero-order chi connectivity index (χ0) is 17.6. The molecular formula is C19H22N6O. The van der Waals surface area contributed by atoms with Crippen molar-refractivity contribution in [2.45, 2.75) is 50.6 Å². The van der Waals surface area contributed by atoms with Crippen molar-refractivity contribution in [2.24, 2.45) is 0 Å². The van der Waals surface area contributed by atoms with Crippen molar-refractivity contribution in [3.8, 4) is 0 Å². The fraction of sp³-hybridized carbons (Fsp3) is 0.474. The Labute approximate surface area is 151 Å². The summed E-state index contributed by atoms with van der Waals surface area (Å²) in [5, 5.41) is 12.9. The number of nitrogens with zero attached hydrogens (tertiary/aromatic N) is 5. The number of fused-ring (bicyclic) bond motifs is 3. The van der Waals surface area contributed by atoms with Crippen LogP contribution in [0.4, 0.5) is 0 Å². The molecule has 1 aliphatic carbocycles. The van der Waals surface area contributed by atoms with E-state index in [1.165, 1.54) is 23.1 Å². The predicted molar refractivity (Wildman–Crippen MR) is 96.3 cm³/mol. The van der Waals surface area contributed by atoms with Crippen LogP contribution in [0, 0.1) is 0 Å². The molecule has 0 bridgehead atoms. The Morgan fingerprint density at radius 1 is 1.15 bits per heavy atom. The van der Waals surface area contributed by atoms with Gasteiger partial charge in [-0.25, -0.2) is 4.68 Å². The highest BCUT2D eigenvalue weighted by molar-refractivity contribution is 5.88. The van der Waals surface area contributed by atoms with E-state index >= 15 is 0 Å². The number of aromatic nitrogens is 5. The van der Waals surface area contributed by atoms with Crippen molar-refractivity contribution in [1.29, 1.82) is 0 Å². The third-order valence-electron chi connectivity index (χ3n) is 6.04. The van der Waals surface area contributed by atoms with Gasteiger partial charge in [-0.15, -0.1) is 5.10 Å². The Hall–Kier alpha value is -2.70. The van der Waals surface area contributed by atoms with Crippen molar-refractivity contribution < 1.29 is 4.79 Å². The predicted octanol–water partition coefficient (Wildman–Crippen LogP) is 2.40. The number of carbonyl (C=O) groups is 1. The summed E-state index contributed by atoms with van der Waals surface area (Å²) >= 11 is 0. The highest BCUT2D eigenvalue weighted by Gasteiger charge is 2.45. The molecule has 1 fully saturated rings. The molecule has 1 aromatic carbocycles. The van der Waals surface area contributed by atoms with Gasteiger partial charge in [-0.1, -0.05) is 37.5 Å². The number of benzene rings is 1. The number of tetrazole rings is 1. The quantitative estimate of drug-likeness (QED) is 0.770. The minimum Gasteiger partial charge on any atom is -0.358 e. The maximum Gasteiger partial charge on any atom is 0.251 e. The monoisotopic (exact) mass is 350 g/mol. The molecule has 0 saturated heterocycles. The number of hydrogen-bond donors (Lipinski definition) is 1. The van der Waals surface area contributed by atoms with Crippen LogP contribution in [-0.4, -0.2) is 42.5 Å². The van der Waals surface area contributed by atoms with Crippen LogP contribution in [0.25, 0.3) is 10.9 Å². The molecule has 2 aliphatic rings. The lowest BCUT2D eigenvalue weighted by Gasteiger charge is -2.40. The second-order valence-electron chi connectivity index (χ2n) is 7.45. The SMILES string of the molecule is O=C(N1CCc2[nH]c3ccccc3c2C1)C1(n2cnnn2)CCCCC1. The number of H-pyrrole nitrogens is 1. The molecule has 7 nitrogen and oxygen atoms in total. The summed E-state index contributed by atoms with van der Waals surface area (Å²) in [6.07, 6.45) is 7.34. The number of nitrogens with one attached hydrogen (secondary N) is 1. The van der Waals surface area contributed by atoms with Crippen molar-refractivity contribution >= 4 is 16.8 Å². The van der Waals surface area contributed by atoms with Crippen LogP contribution in [0.3, 0.4) is 0 Å². The Kier molecular flexibility index (Phi) is 3.55. The molecule has 1 aliphatic heterocycles. The van der Waals surface area contributed by atoms with Crippen LogP contribution in [0.1, 0.15) is 43.4 Å². The lowest BCUT2D eigenvalue weighted by molar-refractivity contribution is -0.144. The minimum absolute atomic E-state index is 0.167. The molecule has 5 rings (SSSR count). The van der Waals surface area contributed by atoms with Gasteiger partial charge in [0.25, 0.3) is 5.91 Å². The summed E-state index contributed by atoms with van der Waals surface area (Å²) in [5.41, 5.74) is 3.05. The second kappa shape index (κ2) is 5.93. The van der Waals surface area contributed by atoms with Gasteiger partial charge in [0.15, 0.2) is 0 Å². The molecular weight excluding hydrogens is 328 g/mol. The van der Waals surface area contributed by atoms with E-state index in [1.807, 2.05) is 11.0 Å². The van der Waals surface area contributed by atoms with Crippen LogP contribution in [0.2, 0.25) is 0 Å². The normalized spacial score (nSPS) is 19.5. The minimum atomic E-state index is -0.620. The number of amides is 1. The fourth-order valence-electron chi connectivity index (χ4n) is 4.67. The first kappa shape index (κ1) is 15.5. The van der Waals surface area contributed by atoms with E-state index in [-0.39, 0.29) is 5.91 Å². The Morgan fingerprint density at radius 3 is 2.81 bits per heavy atom. The lowest BCUT2D eigenvalue weighted by atomic mass is 9.80. The first-order valence-electron chi connectivity index (χ1n) is 9.39. The third-order valence-corrected chi connectivity index (χ3v) is 6.04. The topological polar surface area (TPSA) is 79.7 Å². The summed E-state index contributed by atoms with van der Waals surface area (Å²) in [4.78, 5) is 19.2. The maximum absolute atomic E-state index is 13.6. The zero-order valence-corrected chi connectivity index (χ0v) is 14.7. The van der Waals surface area contributed by atoms with Gasteiger partial charge < -0.3 is 9.88 Å². The second-order valence-corrected chi connectivity index (χ2v) is 7.45. The lowest BCUT2D eigenvalue weighted by Crippen LogP contribution is -2.53. The molecule has 0 spiro atoms. The van der Waals surface area contributed by atoms with E-state index in [1.54, 1.807) is 11.0 Å². The molecule has 1 amide bonds. The van der Waals surface area contributed by atoms with Gasteiger partial charge in [0.05, 0.1) is 0 Å². The van der Waals surface area contributed by atoms with Crippen molar-refractivity contribution in [3.63, 3.8) is 0 Å². The molecule has 3 heterocycles. The molecule has 0 atom stereocenters. The summed E-state index contributed by atoms with van der Waals surface area (Å²) in [5.74, 6) is 0.167. The Bertz CT molecular complexity index is 938. The summed E-state index contributed by atoms with van der Waals surface area (Å²) < 4.78 is 1.71. The first-order valence-corrected chi connectivity index (χ1v) is 9.39. The fourth-order valence-corrected chi connectivity index (χ4v) is 4.67. The molecule has 2 aromatic heterocycles. The molecule has 1 saturated carbocycles. The number of para-hydroxylation sites is 1. The summed E-state index contributed by atoms with van der Waals surface area (Å²) in [6, 6.07) is 8.34. The van der Waals surface area contributed by atoms with Crippen LogP contribution >= 0.6 is 0 Å². The number of rotatable bonds is 2. The standard InChI is InChI=1S/C19H22N6O/c26-18(19(9-4-1-5-10-19)25-13-20-22-23-25)24-11-8-17-15(12-24)14-6-2-3-7-16(14)21-17/h2-3,6-7,13,21H,1,4-5,8-12H2. The number of hydrogen-bond acceptors (Lipinski definition) is 4. The van der Waals surface area contributed by atoms with E-state index in [0.717, 1.165) is 44.2 Å². The highest BCUT2D eigenvalue weighted by Crippen LogP contribution is 2.37. The smallest absolute Gasteiger partial charge is 0.251 e. The van der Waals surface area contributed by atoms with Gasteiger partial charge in [-0.2, -0.15) is 0 Å².